The molecule has 3 aliphatic heterocycles. The zero-order valence-electron chi connectivity index (χ0n) is 15.7. The van der Waals surface area contributed by atoms with Crippen LogP contribution in [0.2, 0.25) is 0 Å². The van der Waals surface area contributed by atoms with Gasteiger partial charge in [-0.1, -0.05) is 12.8 Å². The largest absolute Gasteiger partial charge is 0.336 e. The molecule has 1 aliphatic carbocycles. The molecule has 3 atom stereocenters. The molecule has 140 valence electrons. The highest BCUT2D eigenvalue weighted by Crippen LogP contribution is 2.41. The van der Waals surface area contributed by atoms with E-state index in [4.69, 9.17) is 0 Å². The molecule has 5 heteroatoms. The molecule has 3 saturated heterocycles. The maximum atomic E-state index is 13.2. The smallest absolute Gasteiger partial charge is 0.319 e. The van der Waals surface area contributed by atoms with E-state index in [9.17, 15) is 9.59 Å². The van der Waals surface area contributed by atoms with E-state index in [2.05, 4.69) is 11.8 Å². The van der Waals surface area contributed by atoms with Crippen LogP contribution in [0.25, 0.3) is 0 Å². The molecule has 0 spiro atoms. The highest BCUT2D eigenvalue weighted by atomic mass is 16.2. The maximum Gasteiger partial charge on any atom is 0.319 e. The minimum absolute atomic E-state index is 0.130. The van der Waals surface area contributed by atoms with Crippen LogP contribution < -0.4 is 0 Å². The van der Waals surface area contributed by atoms with Crippen molar-refractivity contribution in [3.05, 3.63) is 0 Å². The quantitative estimate of drug-likeness (QED) is 0.731. The molecule has 25 heavy (non-hydrogen) atoms. The first-order valence-electron chi connectivity index (χ1n) is 10.5. The number of urea groups is 1. The van der Waals surface area contributed by atoms with Crippen molar-refractivity contribution < 1.29 is 9.59 Å². The van der Waals surface area contributed by atoms with Crippen LogP contribution in [-0.2, 0) is 4.79 Å². The summed E-state index contributed by atoms with van der Waals surface area (Å²) in [5.41, 5.74) is 0. The molecule has 0 bridgehead atoms. The molecule has 4 rings (SSSR count). The molecular formula is C20H33N3O2. The number of carbonyl (C=O) groups excluding carboxylic acids is 2. The van der Waals surface area contributed by atoms with Crippen LogP contribution in [-0.4, -0.2) is 64.9 Å². The lowest BCUT2D eigenvalue weighted by atomic mass is 9.84. The van der Waals surface area contributed by atoms with Gasteiger partial charge in [-0.2, -0.15) is 0 Å². The number of hydrogen-bond acceptors (Lipinski definition) is 2. The fourth-order valence-corrected chi connectivity index (χ4v) is 5.73. The lowest BCUT2D eigenvalue weighted by molar-refractivity contribution is -0.140. The Hall–Kier alpha value is -1.26. The van der Waals surface area contributed by atoms with Crippen molar-refractivity contribution in [2.75, 3.05) is 26.2 Å². The Morgan fingerprint density at radius 1 is 0.800 bits per heavy atom. The van der Waals surface area contributed by atoms with Gasteiger partial charge in [-0.05, 0) is 57.8 Å². The molecular weight excluding hydrogens is 314 g/mol. The van der Waals surface area contributed by atoms with E-state index in [0.717, 1.165) is 57.8 Å². The van der Waals surface area contributed by atoms with Crippen LogP contribution in [0, 0.1) is 11.8 Å². The summed E-state index contributed by atoms with van der Waals surface area (Å²) in [6, 6.07) is 1.11. The highest BCUT2D eigenvalue weighted by Gasteiger charge is 2.44. The van der Waals surface area contributed by atoms with E-state index in [1.54, 1.807) is 0 Å². The van der Waals surface area contributed by atoms with Gasteiger partial charge in [0.15, 0.2) is 0 Å². The topological polar surface area (TPSA) is 43.9 Å². The van der Waals surface area contributed by atoms with Gasteiger partial charge < -0.3 is 14.7 Å². The zero-order valence-corrected chi connectivity index (χ0v) is 15.7. The Bertz CT molecular complexity index is 509. The van der Waals surface area contributed by atoms with Gasteiger partial charge in [0.1, 0.15) is 0 Å². The van der Waals surface area contributed by atoms with Gasteiger partial charge in [-0.15, -0.1) is 0 Å². The van der Waals surface area contributed by atoms with Gasteiger partial charge in [0.25, 0.3) is 0 Å². The van der Waals surface area contributed by atoms with Gasteiger partial charge in [0.05, 0.1) is 0 Å². The Morgan fingerprint density at radius 2 is 1.44 bits per heavy atom. The number of piperidine rings is 1. The van der Waals surface area contributed by atoms with Gasteiger partial charge >= 0.3 is 6.03 Å². The minimum Gasteiger partial charge on any atom is -0.336 e. The third-order valence-electron chi connectivity index (χ3n) is 7.09. The monoisotopic (exact) mass is 347 g/mol. The summed E-state index contributed by atoms with van der Waals surface area (Å²) in [6.45, 7) is 5.56. The first-order chi connectivity index (χ1) is 12.1. The first kappa shape index (κ1) is 17.2. The second-order valence-corrected chi connectivity index (χ2v) is 8.68. The molecule has 4 aliphatic rings. The van der Waals surface area contributed by atoms with E-state index < -0.39 is 0 Å². The second kappa shape index (κ2) is 7.16. The Labute approximate surface area is 151 Å². The van der Waals surface area contributed by atoms with Crippen LogP contribution in [0.4, 0.5) is 4.79 Å². The molecule has 0 aromatic carbocycles. The minimum atomic E-state index is 0.130. The third-order valence-corrected chi connectivity index (χ3v) is 7.09. The standard InChI is InChI=1S/C20H33N3O2/c1-15-14-17-6-2-3-7-18(17)23(15)19(24)16-8-12-22(13-9-16)20(25)21-10-4-5-11-21/h15-18H,2-14H2,1H3/t15-,17+,18+/m1/s1. The van der Waals surface area contributed by atoms with Crippen molar-refractivity contribution in [3.63, 3.8) is 0 Å². The van der Waals surface area contributed by atoms with E-state index in [-0.39, 0.29) is 11.9 Å². The number of nitrogens with zero attached hydrogens (tertiary/aromatic N) is 3. The Balaban J connectivity index is 1.34. The van der Waals surface area contributed by atoms with Crippen LogP contribution in [0.15, 0.2) is 0 Å². The van der Waals surface area contributed by atoms with E-state index >= 15 is 0 Å². The van der Waals surface area contributed by atoms with Crippen LogP contribution >= 0.6 is 0 Å². The average Bonchev–Trinajstić information content (AvgIpc) is 3.27. The molecule has 0 unspecified atom stereocenters. The van der Waals surface area contributed by atoms with Crippen molar-refractivity contribution in [1.29, 1.82) is 0 Å². The summed E-state index contributed by atoms with van der Waals surface area (Å²) in [6.07, 6.45) is 10.3. The molecule has 5 nitrogen and oxygen atoms in total. The Morgan fingerprint density at radius 3 is 2.16 bits per heavy atom. The van der Waals surface area contributed by atoms with Crippen molar-refractivity contribution in [2.24, 2.45) is 11.8 Å². The van der Waals surface area contributed by atoms with E-state index in [0.29, 0.717) is 18.0 Å². The van der Waals surface area contributed by atoms with Crippen molar-refractivity contribution in [3.8, 4) is 0 Å². The highest BCUT2D eigenvalue weighted by molar-refractivity contribution is 5.81. The van der Waals surface area contributed by atoms with Crippen molar-refractivity contribution >= 4 is 11.9 Å². The lowest BCUT2D eigenvalue weighted by Gasteiger charge is -2.39. The van der Waals surface area contributed by atoms with Crippen LogP contribution in [0.1, 0.15) is 64.7 Å². The van der Waals surface area contributed by atoms with Crippen molar-refractivity contribution in [1.82, 2.24) is 14.7 Å². The van der Waals surface area contributed by atoms with E-state index in [1.165, 1.54) is 32.1 Å². The van der Waals surface area contributed by atoms with Crippen LogP contribution in [0.5, 0.6) is 0 Å². The van der Waals surface area contributed by atoms with Crippen LogP contribution in [0.3, 0.4) is 0 Å². The summed E-state index contributed by atoms with van der Waals surface area (Å²) >= 11 is 0. The number of likely N-dealkylation sites (tertiary alicyclic amines) is 3. The lowest BCUT2D eigenvalue weighted by Crippen LogP contribution is -2.50. The summed E-state index contributed by atoms with van der Waals surface area (Å²) in [5.74, 6) is 1.26. The summed E-state index contributed by atoms with van der Waals surface area (Å²) < 4.78 is 0. The molecule has 0 aromatic heterocycles. The van der Waals surface area contributed by atoms with Gasteiger partial charge in [0.2, 0.25) is 5.91 Å². The molecule has 3 heterocycles. The van der Waals surface area contributed by atoms with Crippen molar-refractivity contribution in [2.45, 2.75) is 76.8 Å². The fraction of sp³-hybridized carbons (Fsp3) is 0.900. The Kier molecular flexibility index (Phi) is 4.92. The fourth-order valence-electron chi connectivity index (χ4n) is 5.73. The number of rotatable bonds is 1. The third kappa shape index (κ3) is 3.26. The predicted octanol–water partition coefficient (Wildman–Crippen LogP) is 3.09. The zero-order chi connectivity index (χ0) is 17.4. The number of amides is 3. The van der Waals surface area contributed by atoms with Gasteiger partial charge in [-0.3, -0.25) is 4.79 Å². The average molecular weight is 348 g/mol. The number of hydrogen-bond donors (Lipinski definition) is 0. The van der Waals surface area contributed by atoms with Gasteiger partial charge in [0, 0.05) is 44.2 Å². The summed E-state index contributed by atoms with van der Waals surface area (Å²) in [4.78, 5) is 32.0. The molecule has 4 fully saturated rings. The maximum absolute atomic E-state index is 13.2. The summed E-state index contributed by atoms with van der Waals surface area (Å²) in [7, 11) is 0. The second-order valence-electron chi connectivity index (χ2n) is 8.68. The molecule has 0 aromatic rings. The summed E-state index contributed by atoms with van der Waals surface area (Å²) in [5, 5.41) is 0. The first-order valence-corrected chi connectivity index (χ1v) is 10.5. The molecule has 0 N–H and O–H groups in total. The van der Waals surface area contributed by atoms with Gasteiger partial charge in [-0.25, -0.2) is 4.79 Å². The number of carbonyl (C=O) groups is 2. The molecule has 0 radical (unpaired) electrons. The normalized spacial score (nSPS) is 33.6. The molecule has 3 amide bonds. The SMILES string of the molecule is C[C@@H]1C[C@@H]2CCCC[C@@H]2N1C(=O)C1CCN(C(=O)N2CCCC2)CC1. The van der Waals surface area contributed by atoms with E-state index in [1.807, 2.05) is 9.80 Å². The molecule has 1 saturated carbocycles. The predicted molar refractivity (Wildman–Crippen MR) is 97.2 cm³/mol. The number of fused-ring (bicyclic) bond motifs is 1.